The van der Waals surface area contributed by atoms with E-state index < -0.39 is 17.8 Å². The molecule has 4 amide bonds. The van der Waals surface area contributed by atoms with Crippen LogP contribution in [0.4, 0.5) is 10.5 Å². The van der Waals surface area contributed by atoms with Crippen LogP contribution < -0.4 is 19.7 Å². The minimum Gasteiger partial charge on any atom is -0.493 e. The first-order chi connectivity index (χ1) is 15.2. The third-order valence-electron chi connectivity index (χ3n) is 4.73. The number of barbiturate groups is 1. The van der Waals surface area contributed by atoms with Crippen LogP contribution in [-0.4, -0.2) is 31.1 Å². The number of anilines is 1. The summed E-state index contributed by atoms with van der Waals surface area (Å²) in [5.74, 6) is -1.03. The van der Waals surface area contributed by atoms with E-state index in [2.05, 4.69) is 5.32 Å². The maximum atomic E-state index is 13.1. The van der Waals surface area contributed by atoms with Crippen molar-refractivity contribution in [3.05, 3.63) is 56.5 Å². The van der Waals surface area contributed by atoms with Gasteiger partial charge in [0.1, 0.15) is 5.57 Å². The summed E-state index contributed by atoms with van der Waals surface area (Å²) in [4.78, 5) is 38.7. The third-order valence-corrected chi connectivity index (χ3v) is 5.82. The monoisotopic (exact) mass is 496 g/mol. The summed E-state index contributed by atoms with van der Waals surface area (Å²) >= 11 is 18.6. The number of ether oxygens (including phenoxy) is 2. The predicted octanol–water partition coefficient (Wildman–Crippen LogP) is 5.50. The molecule has 10 heteroatoms. The van der Waals surface area contributed by atoms with Crippen LogP contribution in [0.3, 0.4) is 0 Å². The maximum Gasteiger partial charge on any atom is 0.336 e. The summed E-state index contributed by atoms with van der Waals surface area (Å²) in [5, 5.41) is 2.53. The smallest absolute Gasteiger partial charge is 0.336 e. The minimum absolute atomic E-state index is 0.00243. The van der Waals surface area contributed by atoms with E-state index in [-0.39, 0.29) is 32.4 Å². The maximum absolute atomic E-state index is 13.1. The van der Waals surface area contributed by atoms with Gasteiger partial charge in [0.15, 0.2) is 11.5 Å². The van der Waals surface area contributed by atoms with Gasteiger partial charge in [0.25, 0.3) is 11.8 Å². The summed E-state index contributed by atoms with van der Waals surface area (Å²) < 4.78 is 11.2. The van der Waals surface area contributed by atoms with Crippen molar-refractivity contribution in [2.24, 2.45) is 0 Å². The third kappa shape index (κ3) is 4.70. The van der Waals surface area contributed by atoms with Gasteiger partial charge in [-0.15, -0.1) is 0 Å². The molecule has 2 aromatic carbocycles. The van der Waals surface area contributed by atoms with E-state index in [0.29, 0.717) is 17.1 Å². The first kappa shape index (κ1) is 23.9. The molecule has 1 aliphatic rings. The van der Waals surface area contributed by atoms with Gasteiger partial charge in [-0.1, -0.05) is 47.8 Å². The van der Waals surface area contributed by atoms with Gasteiger partial charge in [0, 0.05) is 0 Å². The molecule has 1 atom stereocenters. The fourth-order valence-electron chi connectivity index (χ4n) is 2.93. The second-order valence-corrected chi connectivity index (χ2v) is 8.09. The molecule has 1 fully saturated rings. The number of urea groups is 1. The molecule has 7 nitrogen and oxygen atoms in total. The quantitative estimate of drug-likeness (QED) is 0.421. The van der Waals surface area contributed by atoms with E-state index in [4.69, 9.17) is 44.3 Å². The SMILES string of the molecule is CCC(C)Oc1c(Cl)cc(/C=C2\C(=O)NC(=O)N(c3cccc(Cl)c3Cl)C2=O)cc1OC. The second kappa shape index (κ2) is 9.81. The summed E-state index contributed by atoms with van der Waals surface area (Å²) in [6.07, 6.45) is 1.96. The van der Waals surface area contributed by atoms with Crippen molar-refractivity contribution >= 4 is 64.4 Å². The molecule has 0 saturated carbocycles. The number of benzene rings is 2. The van der Waals surface area contributed by atoms with Gasteiger partial charge in [-0.05, 0) is 49.2 Å². The number of hydrogen-bond donors (Lipinski definition) is 1. The van der Waals surface area contributed by atoms with Crippen LogP contribution in [0.5, 0.6) is 11.5 Å². The van der Waals surface area contributed by atoms with E-state index in [1.165, 1.54) is 37.5 Å². The lowest BCUT2D eigenvalue weighted by Gasteiger charge is -2.27. The lowest BCUT2D eigenvalue weighted by Crippen LogP contribution is -2.54. The van der Waals surface area contributed by atoms with Crippen LogP contribution in [0.25, 0.3) is 6.08 Å². The van der Waals surface area contributed by atoms with E-state index in [0.717, 1.165) is 11.3 Å². The lowest BCUT2D eigenvalue weighted by atomic mass is 10.1. The van der Waals surface area contributed by atoms with E-state index >= 15 is 0 Å². The minimum atomic E-state index is -0.936. The summed E-state index contributed by atoms with van der Waals surface area (Å²) in [5.41, 5.74) is 0.149. The Balaban J connectivity index is 2.04. The molecule has 3 rings (SSSR count). The molecular weight excluding hydrogens is 479 g/mol. The fourth-order valence-corrected chi connectivity index (χ4v) is 3.57. The molecule has 1 heterocycles. The van der Waals surface area contributed by atoms with Crippen LogP contribution >= 0.6 is 34.8 Å². The number of carbonyl (C=O) groups excluding carboxylic acids is 3. The molecule has 1 saturated heterocycles. The Kier molecular flexibility index (Phi) is 7.33. The number of rotatable bonds is 6. The zero-order valence-electron chi connectivity index (χ0n) is 17.4. The highest BCUT2D eigenvalue weighted by atomic mass is 35.5. The van der Waals surface area contributed by atoms with E-state index in [1.807, 2.05) is 13.8 Å². The van der Waals surface area contributed by atoms with Crippen molar-refractivity contribution in [2.75, 3.05) is 12.0 Å². The number of hydrogen-bond acceptors (Lipinski definition) is 5. The zero-order valence-corrected chi connectivity index (χ0v) is 19.6. The molecule has 32 heavy (non-hydrogen) atoms. The number of nitrogens with zero attached hydrogens (tertiary/aromatic N) is 1. The van der Waals surface area contributed by atoms with Crippen LogP contribution in [0.1, 0.15) is 25.8 Å². The number of halogens is 3. The Morgan fingerprint density at radius 1 is 1.12 bits per heavy atom. The zero-order chi connectivity index (χ0) is 23.6. The van der Waals surface area contributed by atoms with Crippen molar-refractivity contribution in [3.63, 3.8) is 0 Å². The Morgan fingerprint density at radius 2 is 1.84 bits per heavy atom. The van der Waals surface area contributed by atoms with Crippen LogP contribution in [0, 0.1) is 0 Å². The Bertz CT molecular complexity index is 1130. The number of methoxy groups -OCH3 is 1. The topological polar surface area (TPSA) is 84.9 Å². The second-order valence-electron chi connectivity index (χ2n) is 6.90. The van der Waals surface area contributed by atoms with Crippen molar-refractivity contribution in [2.45, 2.75) is 26.4 Å². The summed E-state index contributed by atoms with van der Waals surface area (Å²) in [6, 6.07) is 6.66. The molecule has 0 radical (unpaired) electrons. The van der Waals surface area contributed by atoms with Gasteiger partial charge < -0.3 is 9.47 Å². The lowest BCUT2D eigenvalue weighted by molar-refractivity contribution is -0.122. The molecule has 0 aliphatic carbocycles. The molecule has 0 spiro atoms. The Hall–Kier alpha value is -2.74. The number of nitrogens with one attached hydrogen (secondary N) is 1. The predicted molar refractivity (Wildman–Crippen MR) is 124 cm³/mol. The molecular formula is C22H19Cl3N2O5. The first-order valence-electron chi connectivity index (χ1n) is 9.57. The Morgan fingerprint density at radius 3 is 2.50 bits per heavy atom. The van der Waals surface area contributed by atoms with Gasteiger partial charge in [0.2, 0.25) is 0 Å². The average molecular weight is 498 g/mol. The molecule has 1 aliphatic heterocycles. The van der Waals surface area contributed by atoms with Gasteiger partial charge >= 0.3 is 6.03 Å². The highest BCUT2D eigenvalue weighted by molar-refractivity contribution is 6.46. The molecule has 0 aromatic heterocycles. The van der Waals surface area contributed by atoms with E-state index in [1.54, 1.807) is 6.07 Å². The molecule has 1 N–H and O–H groups in total. The van der Waals surface area contributed by atoms with Crippen molar-refractivity contribution in [1.82, 2.24) is 5.32 Å². The highest BCUT2D eigenvalue weighted by Crippen LogP contribution is 2.39. The van der Waals surface area contributed by atoms with Crippen LogP contribution in [0.2, 0.25) is 15.1 Å². The first-order valence-corrected chi connectivity index (χ1v) is 10.7. The fraction of sp³-hybridized carbons (Fsp3) is 0.227. The normalized spacial score (nSPS) is 16.2. The standard InChI is InChI=1S/C22H19Cl3N2O5/c1-4-11(2)32-19-15(24)9-12(10-17(19)31-3)8-13-20(28)26-22(30)27(21(13)29)16-7-5-6-14(23)18(16)25/h5-11H,4H2,1-3H3,(H,26,28,30)/b13-8+. The Labute approximate surface area is 199 Å². The largest absolute Gasteiger partial charge is 0.493 e. The summed E-state index contributed by atoms with van der Waals surface area (Å²) in [6.45, 7) is 3.86. The number of imide groups is 2. The van der Waals surface area contributed by atoms with Crippen molar-refractivity contribution in [1.29, 1.82) is 0 Å². The van der Waals surface area contributed by atoms with E-state index in [9.17, 15) is 14.4 Å². The van der Waals surface area contributed by atoms with Crippen molar-refractivity contribution < 1.29 is 23.9 Å². The van der Waals surface area contributed by atoms with Gasteiger partial charge in [-0.25, -0.2) is 9.69 Å². The number of amides is 4. The van der Waals surface area contributed by atoms with Gasteiger partial charge in [-0.2, -0.15) is 0 Å². The van der Waals surface area contributed by atoms with Gasteiger partial charge in [0.05, 0.1) is 34.0 Å². The van der Waals surface area contributed by atoms with Crippen LogP contribution in [-0.2, 0) is 9.59 Å². The highest BCUT2D eigenvalue weighted by Gasteiger charge is 2.38. The van der Waals surface area contributed by atoms with Crippen LogP contribution in [0.15, 0.2) is 35.9 Å². The molecule has 1 unspecified atom stereocenters. The summed E-state index contributed by atoms with van der Waals surface area (Å²) in [7, 11) is 1.45. The average Bonchev–Trinajstić information content (AvgIpc) is 2.75. The van der Waals surface area contributed by atoms with Crippen molar-refractivity contribution in [3.8, 4) is 11.5 Å². The number of carbonyl (C=O) groups is 3. The molecule has 168 valence electrons. The molecule has 0 bridgehead atoms. The van der Waals surface area contributed by atoms with Gasteiger partial charge in [-0.3, -0.25) is 14.9 Å². The molecule has 2 aromatic rings.